The van der Waals surface area contributed by atoms with Crippen molar-refractivity contribution in [2.24, 2.45) is 0 Å². The zero-order valence-electron chi connectivity index (χ0n) is 9.85. The third kappa shape index (κ3) is 2.35. The number of methoxy groups -OCH3 is 1. The highest BCUT2D eigenvalue weighted by molar-refractivity contribution is 14.1. The van der Waals surface area contributed by atoms with Crippen LogP contribution in [0.1, 0.15) is 30.4 Å². The summed E-state index contributed by atoms with van der Waals surface area (Å²) in [5.74, 6) is 1.66. The molecule has 0 saturated heterocycles. The molecule has 0 aromatic heterocycles. The second-order valence-electron chi connectivity index (χ2n) is 4.24. The molecule has 3 heteroatoms. The van der Waals surface area contributed by atoms with E-state index in [0.717, 1.165) is 25.3 Å². The van der Waals surface area contributed by atoms with Crippen LogP contribution in [0.4, 0.5) is 0 Å². The average Bonchev–Trinajstić information content (AvgIpc) is 2.49. The quantitative estimate of drug-likeness (QED) is 0.842. The minimum absolute atomic E-state index is 0.650. The molecular formula is C13H18INO. The summed E-state index contributed by atoms with van der Waals surface area (Å²) in [5, 5.41) is 3.51. The minimum atomic E-state index is 0.650. The molecule has 1 heterocycles. The van der Waals surface area contributed by atoms with Crippen molar-refractivity contribution in [3.8, 4) is 5.75 Å². The van der Waals surface area contributed by atoms with Crippen LogP contribution >= 0.6 is 22.6 Å². The Morgan fingerprint density at radius 3 is 3.00 bits per heavy atom. The second-order valence-corrected chi connectivity index (χ2v) is 5.41. The highest BCUT2D eigenvalue weighted by atomic mass is 127. The van der Waals surface area contributed by atoms with Crippen LogP contribution < -0.4 is 10.1 Å². The van der Waals surface area contributed by atoms with E-state index >= 15 is 0 Å². The van der Waals surface area contributed by atoms with Gasteiger partial charge in [-0.25, -0.2) is 0 Å². The lowest BCUT2D eigenvalue weighted by molar-refractivity contribution is 0.411. The van der Waals surface area contributed by atoms with Crippen LogP contribution in [0.25, 0.3) is 0 Å². The minimum Gasteiger partial charge on any atom is -0.496 e. The number of benzene rings is 1. The monoisotopic (exact) mass is 331 g/mol. The second kappa shape index (κ2) is 5.36. The Labute approximate surface area is 111 Å². The Morgan fingerprint density at radius 2 is 2.31 bits per heavy atom. The largest absolute Gasteiger partial charge is 0.496 e. The summed E-state index contributed by atoms with van der Waals surface area (Å²) in [7, 11) is 1.75. The summed E-state index contributed by atoms with van der Waals surface area (Å²) in [6.45, 7) is 4.44. The Hall–Kier alpha value is -0.290. The van der Waals surface area contributed by atoms with Gasteiger partial charge in [0.2, 0.25) is 0 Å². The standard InChI is InChI=1S/C13H18INO/c1-3-9-8-15-5-4-10-6-13(16-2)12(14)7-11(9)10/h6-7,9,15H,3-5,8H2,1-2H3/t9-/m1/s1. The third-order valence-electron chi connectivity index (χ3n) is 3.31. The van der Waals surface area contributed by atoms with Crippen molar-refractivity contribution in [3.63, 3.8) is 0 Å². The highest BCUT2D eigenvalue weighted by Crippen LogP contribution is 2.32. The van der Waals surface area contributed by atoms with Gasteiger partial charge in [0.15, 0.2) is 0 Å². The molecular weight excluding hydrogens is 313 g/mol. The molecule has 16 heavy (non-hydrogen) atoms. The van der Waals surface area contributed by atoms with E-state index in [4.69, 9.17) is 4.74 Å². The van der Waals surface area contributed by atoms with Crippen LogP contribution in [0, 0.1) is 3.57 Å². The van der Waals surface area contributed by atoms with Gasteiger partial charge in [-0.1, -0.05) is 6.92 Å². The van der Waals surface area contributed by atoms with E-state index in [9.17, 15) is 0 Å². The molecule has 0 radical (unpaired) electrons. The molecule has 2 rings (SSSR count). The van der Waals surface area contributed by atoms with E-state index < -0.39 is 0 Å². The first-order valence-corrected chi connectivity index (χ1v) is 6.91. The predicted octanol–water partition coefficient (Wildman–Crippen LogP) is 2.94. The average molecular weight is 331 g/mol. The van der Waals surface area contributed by atoms with Crippen molar-refractivity contribution in [1.82, 2.24) is 5.32 Å². The van der Waals surface area contributed by atoms with Gasteiger partial charge in [-0.15, -0.1) is 0 Å². The fraction of sp³-hybridized carbons (Fsp3) is 0.538. The van der Waals surface area contributed by atoms with Crippen LogP contribution in [0.5, 0.6) is 5.75 Å². The smallest absolute Gasteiger partial charge is 0.132 e. The van der Waals surface area contributed by atoms with Gasteiger partial charge in [-0.05, 0) is 71.2 Å². The SMILES string of the molecule is CC[C@@H]1CNCCc2cc(OC)c(I)cc21. The Balaban J connectivity index is 2.45. The van der Waals surface area contributed by atoms with Gasteiger partial charge >= 0.3 is 0 Å². The number of halogens is 1. The predicted molar refractivity (Wildman–Crippen MR) is 75.3 cm³/mol. The molecule has 1 aromatic rings. The number of nitrogens with one attached hydrogen (secondary N) is 1. The zero-order valence-corrected chi connectivity index (χ0v) is 12.0. The van der Waals surface area contributed by atoms with Crippen LogP contribution in [-0.4, -0.2) is 20.2 Å². The van der Waals surface area contributed by atoms with Gasteiger partial charge in [-0.3, -0.25) is 0 Å². The topological polar surface area (TPSA) is 21.3 Å². The molecule has 0 saturated carbocycles. The van der Waals surface area contributed by atoms with Gasteiger partial charge in [0, 0.05) is 6.54 Å². The summed E-state index contributed by atoms with van der Waals surface area (Å²) >= 11 is 2.36. The number of rotatable bonds is 2. The highest BCUT2D eigenvalue weighted by Gasteiger charge is 2.18. The summed E-state index contributed by atoms with van der Waals surface area (Å²) < 4.78 is 6.61. The first-order valence-electron chi connectivity index (χ1n) is 5.83. The summed E-state index contributed by atoms with van der Waals surface area (Å²) in [4.78, 5) is 0. The van der Waals surface area contributed by atoms with Crippen LogP contribution in [0.15, 0.2) is 12.1 Å². The summed E-state index contributed by atoms with van der Waals surface area (Å²) in [6.07, 6.45) is 2.31. The van der Waals surface area contributed by atoms with Gasteiger partial charge in [0.25, 0.3) is 0 Å². The Bertz CT molecular complexity index is 378. The van der Waals surface area contributed by atoms with Crippen LogP contribution in [-0.2, 0) is 6.42 Å². The fourth-order valence-electron chi connectivity index (χ4n) is 2.34. The molecule has 0 bridgehead atoms. The number of hydrogen-bond acceptors (Lipinski definition) is 2. The molecule has 2 nitrogen and oxygen atoms in total. The Kier molecular flexibility index (Phi) is 4.08. The van der Waals surface area contributed by atoms with E-state index in [1.54, 1.807) is 7.11 Å². The maximum Gasteiger partial charge on any atom is 0.132 e. The maximum absolute atomic E-state index is 5.39. The van der Waals surface area contributed by atoms with Crippen molar-refractivity contribution in [2.45, 2.75) is 25.7 Å². The van der Waals surface area contributed by atoms with E-state index in [2.05, 4.69) is 47.0 Å². The molecule has 0 fully saturated rings. The van der Waals surface area contributed by atoms with Crippen LogP contribution in [0.2, 0.25) is 0 Å². The van der Waals surface area contributed by atoms with Crippen molar-refractivity contribution < 1.29 is 4.74 Å². The number of fused-ring (bicyclic) bond motifs is 1. The molecule has 88 valence electrons. The van der Waals surface area contributed by atoms with Gasteiger partial charge in [0.1, 0.15) is 5.75 Å². The first-order chi connectivity index (χ1) is 7.76. The van der Waals surface area contributed by atoms with Gasteiger partial charge in [-0.2, -0.15) is 0 Å². The molecule has 1 N–H and O–H groups in total. The lowest BCUT2D eigenvalue weighted by Gasteiger charge is -2.17. The van der Waals surface area contributed by atoms with Crippen molar-refractivity contribution >= 4 is 22.6 Å². The molecule has 0 spiro atoms. The van der Waals surface area contributed by atoms with Gasteiger partial charge in [0.05, 0.1) is 10.7 Å². The maximum atomic E-state index is 5.39. The normalized spacial score (nSPS) is 20.1. The fourth-order valence-corrected chi connectivity index (χ4v) is 3.05. The summed E-state index contributed by atoms with van der Waals surface area (Å²) in [6, 6.07) is 4.52. The van der Waals surface area contributed by atoms with E-state index in [-0.39, 0.29) is 0 Å². The number of hydrogen-bond donors (Lipinski definition) is 1. The Morgan fingerprint density at radius 1 is 1.50 bits per heavy atom. The molecule has 0 unspecified atom stereocenters. The molecule has 1 aliphatic heterocycles. The lowest BCUT2D eigenvalue weighted by atomic mass is 9.92. The molecule has 1 aliphatic rings. The van der Waals surface area contributed by atoms with Crippen molar-refractivity contribution in [3.05, 3.63) is 26.8 Å². The number of ether oxygens (including phenoxy) is 1. The first kappa shape index (κ1) is 12.2. The van der Waals surface area contributed by atoms with Crippen LogP contribution in [0.3, 0.4) is 0 Å². The van der Waals surface area contributed by atoms with Crippen molar-refractivity contribution in [2.75, 3.05) is 20.2 Å². The van der Waals surface area contributed by atoms with Gasteiger partial charge < -0.3 is 10.1 Å². The molecule has 1 aromatic carbocycles. The molecule has 0 amide bonds. The lowest BCUT2D eigenvalue weighted by Crippen LogP contribution is -2.19. The van der Waals surface area contributed by atoms with E-state index in [1.807, 2.05) is 0 Å². The molecule has 0 aliphatic carbocycles. The third-order valence-corrected chi connectivity index (χ3v) is 4.15. The van der Waals surface area contributed by atoms with E-state index in [0.29, 0.717) is 5.92 Å². The van der Waals surface area contributed by atoms with E-state index in [1.165, 1.54) is 21.1 Å². The van der Waals surface area contributed by atoms with Crippen molar-refractivity contribution in [1.29, 1.82) is 0 Å². The molecule has 1 atom stereocenters. The zero-order chi connectivity index (χ0) is 11.5. The summed E-state index contributed by atoms with van der Waals surface area (Å²) in [5.41, 5.74) is 2.96.